The SMILES string of the molecule is CCCN(Cc1ccccc1N)c1ncnc2ccsc12. The molecule has 0 unspecified atom stereocenters. The Kier molecular flexibility index (Phi) is 4.01. The molecular weight excluding hydrogens is 280 g/mol. The molecule has 2 aromatic heterocycles. The molecule has 2 heterocycles. The average molecular weight is 298 g/mol. The molecule has 0 saturated carbocycles. The third kappa shape index (κ3) is 2.83. The molecule has 2 N–H and O–H groups in total. The Bertz CT molecular complexity index is 738. The first-order valence-electron chi connectivity index (χ1n) is 7.06. The Balaban J connectivity index is 1.98. The van der Waals surface area contributed by atoms with Crippen molar-refractivity contribution in [3.63, 3.8) is 0 Å². The number of aromatic nitrogens is 2. The number of anilines is 2. The highest BCUT2D eigenvalue weighted by atomic mass is 32.1. The zero-order valence-electron chi connectivity index (χ0n) is 12.0. The number of nitrogen functional groups attached to an aromatic ring is 1. The lowest BCUT2D eigenvalue weighted by Crippen LogP contribution is -2.25. The summed E-state index contributed by atoms with van der Waals surface area (Å²) in [5, 5.41) is 2.06. The van der Waals surface area contributed by atoms with Gasteiger partial charge in [0.05, 0.1) is 10.2 Å². The zero-order chi connectivity index (χ0) is 14.7. The summed E-state index contributed by atoms with van der Waals surface area (Å²) in [7, 11) is 0. The van der Waals surface area contributed by atoms with Gasteiger partial charge in [-0.3, -0.25) is 0 Å². The van der Waals surface area contributed by atoms with Crippen LogP contribution in [0, 0.1) is 0 Å². The predicted molar refractivity (Wildman–Crippen MR) is 89.6 cm³/mol. The van der Waals surface area contributed by atoms with E-state index in [0.29, 0.717) is 0 Å². The molecule has 0 aliphatic heterocycles. The van der Waals surface area contributed by atoms with Crippen LogP contribution in [-0.4, -0.2) is 16.5 Å². The van der Waals surface area contributed by atoms with Gasteiger partial charge in [0, 0.05) is 18.8 Å². The molecule has 0 fully saturated rings. The molecule has 0 amide bonds. The van der Waals surface area contributed by atoms with E-state index in [1.54, 1.807) is 17.7 Å². The molecule has 21 heavy (non-hydrogen) atoms. The summed E-state index contributed by atoms with van der Waals surface area (Å²) in [5.74, 6) is 1.00. The predicted octanol–water partition coefficient (Wildman–Crippen LogP) is 3.69. The zero-order valence-corrected chi connectivity index (χ0v) is 12.8. The van der Waals surface area contributed by atoms with Crippen LogP contribution in [0.4, 0.5) is 11.5 Å². The molecule has 0 spiro atoms. The van der Waals surface area contributed by atoms with Crippen molar-refractivity contribution in [2.45, 2.75) is 19.9 Å². The maximum atomic E-state index is 6.08. The third-order valence-electron chi connectivity index (χ3n) is 3.43. The van der Waals surface area contributed by atoms with Crippen LogP contribution in [0.15, 0.2) is 42.0 Å². The van der Waals surface area contributed by atoms with Crippen LogP contribution >= 0.6 is 11.3 Å². The molecule has 3 aromatic rings. The van der Waals surface area contributed by atoms with Crippen LogP contribution in [0.1, 0.15) is 18.9 Å². The molecule has 0 radical (unpaired) electrons. The average Bonchev–Trinajstić information content (AvgIpc) is 2.97. The van der Waals surface area contributed by atoms with Gasteiger partial charge >= 0.3 is 0 Å². The van der Waals surface area contributed by atoms with Crippen LogP contribution in [-0.2, 0) is 6.54 Å². The van der Waals surface area contributed by atoms with Crippen LogP contribution in [0.25, 0.3) is 10.2 Å². The summed E-state index contributed by atoms with van der Waals surface area (Å²) in [4.78, 5) is 11.1. The normalized spacial score (nSPS) is 10.9. The van der Waals surface area contributed by atoms with Crippen molar-refractivity contribution < 1.29 is 0 Å². The van der Waals surface area contributed by atoms with E-state index in [0.717, 1.165) is 46.8 Å². The van der Waals surface area contributed by atoms with Gasteiger partial charge in [-0.15, -0.1) is 11.3 Å². The molecule has 5 heteroatoms. The number of fused-ring (bicyclic) bond motifs is 1. The monoisotopic (exact) mass is 298 g/mol. The molecule has 1 aromatic carbocycles. The van der Waals surface area contributed by atoms with E-state index in [4.69, 9.17) is 5.73 Å². The topological polar surface area (TPSA) is 55.0 Å². The van der Waals surface area contributed by atoms with Crippen LogP contribution < -0.4 is 10.6 Å². The highest BCUT2D eigenvalue weighted by Gasteiger charge is 2.14. The lowest BCUT2D eigenvalue weighted by atomic mass is 10.1. The Morgan fingerprint density at radius 2 is 2.05 bits per heavy atom. The summed E-state index contributed by atoms with van der Waals surface area (Å²) >= 11 is 1.68. The second kappa shape index (κ2) is 6.10. The minimum atomic E-state index is 0.768. The van der Waals surface area contributed by atoms with Crippen molar-refractivity contribution in [1.29, 1.82) is 0 Å². The second-order valence-electron chi connectivity index (χ2n) is 4.95. The molecule has 0 bridgehead atoms. The first-order chi connectivity index (χ1) is 10.3. The van der Waals surface area contributed by atoms with Crippen molar-refractivity contribution in [1.82, 2.24) is 9.97 Å². The Hall–Kier alpha value is -2.14. The summed E-state index contributed by atoms with van der Waals surface area (Å²) in [6, 6.07) is 10.0. The quantitative estimate of drug-likeness (QED) is 0.730. The van der Waals surface area contributed by atoms with Crippen LogP contribution in [0.3, 0.4) is 0 Å². The Morgan fingerprint density at radius 1 is 1.19 bits per heavy atom. The van der Waals surface area contributed by atoms with Gasteiger partial charge in [0.25, 0.3) is 0 Å². The Labute approximate surface area is 128 Å². The fourth-order valence-corrected chi connectivity index (χ4v) is 3.28. The third-order valence-corrected chi connectivity index (χ3v) is 4.33. The van der Waals surface area contributed by atoms with E-state index >= 15 is 0 Å². The van der Waals surface area contributed by atoms with Crippen molar-refractivity contribution in [3.8, 4) is 0 Å². The number of hydrogen-bond acceptors (Lipinski definition) is 5. The van der Waals surface area contributed by atoms with Crippen molar-refractivity contribution in [2.75, 3.05) is 17.2 Å². The smallest absolute Gasteiger partial charge is 0.150 e. The van der Waals surface area contributed by atoms with Gasteiger partial charge in [0.2, 0.25) is 0 Å². The number of para-hydroxylation sites is 1. The summed E-state index contributed by atoms with van der Waals surface area (Å²) in [6.07, 6.45) is 2.70. The van der Waals surface area contributed by atoms with E-state index in [9.17, 15) is 0 Å². The fourth-order valence-electron chi connectivity index (χ4n) is 2.41. The van der Waals surface area contributed by atoms with Crippen molar-refractivity contribution >= 4 is 33.1 Å². The van der Waals surface area contributed by atoms with E-state index in [-0.39, 0.29) is 0 Å². The van der Waals surface area contributed by atoms with Crippen molar-refractivity contribution in [3.05, 3.63) is 47.6 Å². The number of nitrogens with two attached hydrogens (primary N) is 1. The minimum absolute atomic E-state index is 0.768. The number of thiophene rings is 1. The van der Waals surface area contributed by atoms with Gasteiger partial charge in [-0.05, 0) is 29.5 Å². The molecule has 0 saturated heterocycles. The largest absolute Gasteiger partial charge is 0.398 e. The van der Waals surface area contributed by atoms with Crippen LogP contribution in [0.2, 0.25) is 0 Å². The standard InChI is InChI=1S/C16H18N4S/c1-2-8-20(10-12-5-3-4-6-13(12)17)16-15-14(7-9-21-15)18-11-19-16/h3-7,9,11H,2,8,10,17H2,1H3. The van der Waals surface area contributed by atoms with E-state index in [2.05, 4.69) is 33.2 Å². The van der Waals surface area contributed by atoms with Gasteiger partial charge < -0.3 is 10.6 Å². The summed E-state index contributed by atoms with van der Waals surface area (Å²) < 4.78 is 1.14. The summed E-state index contributed by atoms with van der Waals surface area (Å²) in [5.41, 5.74) is 9.05. The van der Waals surface area contributed by atoms with E-state index in [1.165, 1.54) is 0 Å². The highest BCUT2D eigenvalue weighted by Crippen LogP contribution is 2.29. The van der Waals surface area contributed by atoms with Gasteiger partial charge in [0.1, 0.15) is 12.1 Å². The molecule has 108 valence electrons. The Morgan fingerprint density at radius 3 is 2.86 bits per heavy atom. The van der Waals surface area contributed by atoms with Crippen molar-refractivity contribution in [2.24, 2.45) is 0 Å². The van der Waals surface area contributed by atoms with E-state index < -0.39 is 0 Å². The van der Waals surface area contributed by atoms with Gasteiger partial charge in [0.15, 0.2) is 0 Å². The number of benzene rings is 1. The summed E-state index contributed by atoms with van der Waals surface area (Å²) in [6.45, 7) is 3.89. The number of hydrogen-bond donors (Lipinski definition) is 1. The maximum Gasteiger partial charge on any atom is 0.150 e. The molecule has 3 rings (SSSR count). The molecule has 0 atom stereocenters. The highest BCUT2D eigenvalue weighted by molar-refractivity contribution is 7.17. The van der Waals surface area contributed by atoms with Gasteiger partial charge in [-0.2, -0.15) is 0 Å². The lowest BCUT2D eigenvalue weighted by molar-refractivity contribution is 0.758. The van der Waals surface area contributed by atoms with Gasteiger partial charge in [-0.1, -0.05) is 25.1 Å². The van der Waals surface area contributed by atoms with Crippen LogP contribution in [0.5, 0.6) is 0 Å². The number of rotatable bonds is 5. The second-order valence-corrected chi connectivity index (χ2v) is 5.87. The molecular formula is C16H18N4S. The molecule has 4 nitrogen and oxygen atoms in total. The lowest BCUT2D eigenvalue weighted by Gasteiger charge is -2.24. The maximum absolute atomic E-state index is 6.08. The first kappa shape index (κ1) is 13.8. The van der Waals surface area contributed by atoms with Gasteiger partial charge in [-0.25, -0.2) is 9.97 Å². The minimum Gasteiger partial charge on any atom is -0.398 e. The first-order valence-corrected chi connectivity index (χ1v) is 7.94. The number of nitrogens with zero attached hydrogens (tertiary/aromatic N) is 3. The van der Waals surface area contributed by atoms with E-state index in [1.807, 2.05) is 24.3 Å². The fraction of sp³-hybridized carbons (Fsp3) is 0.250. The molecule has 0 aliphatic rings. The molecule has 0 aliphatic carbocycles.